The number of ether oxygens (including phenoxy) is 2. The number of carbonyl (C=O) groups is 1. The van der Waals surface area contributed by atoms with Gasteiger partial charge in [0.2, 0.25) is 0 Å². The number of carbonyl (C=O) groups excluding carboxylic acids is 1. The lowest BCUT2D eigenvalue weighted by molar-refractivity contribution is -0.00259. The number of anilines is 1. The maximum atomic E-state index is 11.9. The van der Waals surface area contributed by atoms with Crippen molar-refractivity contribution in [2.45, 2.75) is 32.0 Å². The normalized spacial score (nSPS) is 23.0. The Balaban J connectivity index is 1.96. The minimum absolute atomic E-state index is 0.0207. The van der Waals surface area contributed by atoms with Gasteiger partial charge < -0.3 is 15.2 Å². The van der Waals surface area contributed by atoms with E-state index in [0.717, 1.165) is 12.8 Å². The summed E-state index contributed by atoms with van der Waals surface area (Å²) in [5.41, 5.74) is 6.27. The average molecular weight is 270 g/mol. The summed E-state index contributed by atoms with van der Waals surface area (Å²) in [6.45, 7) is 2.25. The third kappa shape index (κ3) is 2.94. The minimum Gasteiger partial charge on any atom is -0.459 e. The van der Waals surface area contributed by atoms with Crippen LogP contribution in [-0.2, 0) is 9.47 Å². The van der Waals surface area contributed by atoms with E-state index in [1.165, 1.54) is 0 Å². The van der Waals surface area contributed by atoms with E-state index in [1.54, 1.807) is 18.2 Å². The summed E-state index contributed by atoms with van der Waals surface area (Å²) in [6, 6.07) is 4.93. The van der Waals surface area contributed by atoms with Gasteiger partial charge in [0.15, 0.2) is 0 Å². The molecule has 2 N–H and O–H groups in total. The molecule has 0 bridgehead atoms. The smallest absolute Gasteiger partial charge is 0.341 e. The fraction of sp³-hybridized carbons (Fsp3) is 0.462. The quantitative estimate of drug-likeness (QED) is 0.677. The number of rotatable bonds is 3. The Morgan fingerprint density at radius 3 is 2.94 bits per heavy atom. The number of benzene rings is 1. The summed E-state index contributed by atoms with van der Waals surface area (Å²) in [5.74, 6) is -0.499. The monoisotopic (exact) mass is 269 g/mol. The first-order valence-electron chi connectivity index (χ1n) is 5.94. The van der Waals surface area contributed by atoms with Crippen molar-refractivity contribution in [3.8, 4) is 0 Å². The standard InChI is InChI=1S/C13H16ClNO3/c1-8-5-6-9(18-8)7-17-13(16)12-10(14)3-2-4-11(12)15/h2-4,8-9H,5-7,15H2,1H3. The first-order valence-corrected chi connectivity index (χ1v) is 6.32. The van der Waals surface area contributed by atoms with Crippen molar-refractivity contribution in [2.24, 2.45) is 0 Å². The van der Waals surface area contributed by atoms with Crippen LogP contribution in [0, 0.1) is 0 Å². The van der Waals surface area contributed by atoms with Crippen LogP contribution in [0.25, 0.3) is 0 Å². The van der Waals surface area contributed by atoms with Gasteiger partial charge in [0.25, 0.3) is 0 Å². The third-order valence-electron chi connectivity index (χ3n) is 2.97. The molecule has 4 nitrogen and oxygen atoms in total. The van der Waals surface area contributed by atoms with Crippen molar-refractivity contribution in [3.05, 3.63) is 28.8 Å². The highest BCUT2D eigenvalue weighted by molar-refractivity contribution is 6.34. The minimum atomic E-state index is -0.499. The van der Waals surface area contributed by atoms with Gasteiger partial charge >= 0.3 is 5.97 Å². The van der Waals surface area contributed by atoms with Gasteiger partial charge in [-0.15, -0.1) is 0 Å². The van der Waals surface area contributed by atoms with Crippen LogP contribution < -0.4 is 5.73 Å². The molecule has 1 aliphatic heterocycles. The van der Waals surface area contributed by atoms with E-state index < -0.39 is 5.97 Å². The van der Waals surface area contributed by atoms with E-state index in [1.807, 2.05) is 6.92 Å². The Kier molecular flexibility index (Phi) is 4.09. The molecule has 2 unspecified atom stereocenters. The summed E-state index contributed by atoms with van der Waals surface area (Å²) in [6.07, 6.45) is 2.12. The highest BCUT2D eigenvalue weighted by Gasteiger charge is 2.24. The Morgan fingerprint density at radius 2 is 2.33 bits per heavy atom. The summed E-state index contributed by atoms with van der Waals surface area (Å²) >= 11 is 5.93. The summed E-state index contributed by atoms with van der Waals surface area (Å²) < 4.78 is 10.8. The van der Waals surface area contributed by atoms with Gasteiger partial charge in [0, 0.05) is 5.69 Å². The van der Waals surface area contributed by atoms with Crippen LogP contribution in [-0.4, -0.2) is 24.8 Å². The Morgan fingerprint density at radius 1 is 1.56 bits per heavy atom. The molecule has 0 radical (unpaired) electrons. The van der Waals surface area contributed by atoms with Crippen molar-refractivity contribution in [3.63, 3.8) is 0 Å². The molecule has 1 aliphatic rings. The molecule has 1 heterocycles. The molecule has 98 valence electrons. The molecule has 0 saturated carbocycles. The maximum Gasteiger partial charge on any atom is 0.341 e. The molecule has 18 heavy (non-hydrogen) atoms. The largest absolute Gasteiger partial charge is 0.459 e. The topological polar surface area (TPSA) is 61.5 Å². The van der Waals surface area contributed by atoms with Crippen molar-refractivity contribution >= 4 is 23.3 Å². The van der Waals surface area contributed by atoms with Gasteiger partial charge in [0.1, 0.15) is 12.2 Å². The zero-order chi connectivity index (χ0) is 13.1. The Labute approximate surface area is 111 Å². The van der Waals surface area contributed by atoms with Gasteiger partial charge in [-0.2, -0.15) is 0 Å². The molecule has 1 aromatic carbocycles. The van der Waals surface area contributed by atoms with E-state index in [0.29, 0.717) is 10.7 Å². The number of nitrogen functional groups attached to an aromatic ring is 1. The van der Waals surface area contributed by atoms with Gasteiger partial charge in [0.05, 0.1) is 17.2 Å². The molecule has 2 rings (SSSR count). The lowest BCUT2D eigenvalue weighted by Gasteiger charge is -2.13. The number of nitrogens with two attached hydrogens (primary N) is 1. The van der Waals surface area contributed by atoms with Crippen LogP contribution in [0.4, 0.5) is 5.69 Å². The van der Waals surface area contributed by atoms with E-state index in [2.05, 4.69) is 0 Å². The summed E-state index contributed by atoms with van der Waals surface area (Å²) in [4.78, 5) is 11.9. The van der Waals surface area contributed by atoms with Crippen molar-refractivity contribution in [1.82, 2.24) is 0 Å². The van der Waals surface area contributed by atoms with Crippen molar-refractivity contribution < 1.29 is 14.3 Å². The first-order chi connectivity index (χ1) is 8.58. The van der Waals surface area contributed by atoms with Crippen LogP contribution in [0.2, 0.25) is 5.02 Å². The molecule has 0 aromatic heterocycles. The lowest BCUT2D eigenvalue weighted by Crippen LogP contribution is -2.19. The molecule has 1 aromatic rings. The molecule has 1 fully saturated rings. The lowest BCUT2D eigenvalue weighted by atomic mass is 10.2. The number of esters is 1. The van der Waals surface area contributed by atoms with Crippen LogP contribution in [0.3, 0.4) is 0 Å². The van der Waals surface area contributed by atoms with Crippen LogP contribution in [0.15, 0.2) is 18.2 Å². The molecule has 5 heteroatoms. The third-order valence-corrected chi connectivity index (χ3v) is 3.29. The number of halogens is 1. The van der Waals surface area contributed by atoms with Gasteiger partial charge in [-0.1, -0.05) is 17.7 Å². The number of hydrogen-bond donors (Lipinski definition) is 1. The summed E-state index contributed by atoms with van der Waals surface area (Å²) in [7, 11) is 0. The SMILES string of the molecule is CC1CCC(COC(=O)c2c(N)cccc2Cl)O1. The van der Waals surface area contributed by atoms with Gasteiger partial charge in [-0.3, -0.25) is 0 Å². The van der Waals surface area contributed by atoms with E-state index >= 15 is 0 Å². The van der Waals surface area contributed by atoms with Crippen LogP contribution in [0.5, 0.6) is 0 Å². The zero-order valence-corrected chi connectivity index (χ0v) is 10.9. The maximum absolute atomic E-state index is 11.9. The highest BCUT2D eigenvalue weighted by Crippen LogP contribution is 2.24. The molecular formula is C13H16ClNO3. The van der Waals surface area contributed by atoms with Crippen LogP contribution >= 0.6 is 11.6 Å². The second kappa shape index (κ2) is 5.59. The highest BCUT2D eigenvalue weighted by atomic mass is 35.5. The summed E-state index contributed by atoms with van der Waals surface area (Å²) in [5, 5.41) is 0.306. The molecule has 1 saturated heterocycles. The fourth-order valence-corrected chi connectivity index (χ4v) is 2.26. The molecular weight excluding hydrogens is 254 g/mol. The van der Waals surface area contributed by atoms with Gasteiger partial charge in [-0.25, -0.2) is 4.79 Å². The predicted molar refractivity (Wildman–Crippen MR) is 69.7 cm³/mol. The number of hydrogen-bond acceptors (Lipinski definition) is 4. The average Bonchev–Trinajstić information content (AvgIpc) is 2.72. The van der Waals surface area contributed by atoms with Gasteiger partial charge in [-0.05, 0) is 31.9 Å². The molecule has 0 aliphatic carbocycles. The van der Waals surface area contributed by atoms with E-state index in [4.69, 9.17) is 26.8 Å². The molecule has 0 spiro atoms. The fourth-order valence-electron chi connectivity index (χ4n) is 2.00. The van der Waals surface area contributed by atoms with E-state index in [-0.39, 0.29) is 24.4 Å². The second-order valence-corrected chi connectivity index (χ2v) is 4.86. The molecule has 0 amide bonds. The Bertz CT molecular complexity index is 430. The zero-order valence-electron chi connectivity index (χ0n) is 10.2. The van der Waals surface area contributed by atoms with Crippen LogP contribution in [0.1, 0.15) is 30.1 Å². The first kappa shape index (κ1) is 13.2. The van der Waals surface area contributed by atoms with E-state index in [9.17, 15) is 4.79 Å². The second-order valence-electron chi connectivity index (χ2n) is 4.45. The van der Waals surface area contributed by atoms with Crippen molar-refractivity contribution in [1.29, 1.82) is 0 Å². The van der Waals surface area contributed by atoms with Crippen molar-refractivity contribution in [2.75, 3.05) is 12.3 Å². The Hall–Kier alpha value is -1.26. The molecule has 2 atom stereocenters. The predicted octanol–water partition coefficient (Wildman–Crippen LogP) is 2.65.